The first-order chi connectivity index (χ1) is 14.5. The van der Waals surface area contributed by atoms with Crippen LogP contribution in [0.15, 0.2) is 40.9 Å². The smallest absolute Gasteiger partial charge is 0.260 e. The SMILES string of the molecule is Cc1cc(Cl)cc2sc(N(CCCN3CCOCC3)C(=O)c3cccc(Br)c3)nc12.Cl. The molecule has 1 aliphatic heterocycles. The topological polar surface area (TPSA) is 45.7 Å². The lowest BCUT2D eigenvalue weighted by Crippen LogP contribution is -2.39. The summed E-state index contributed by atoms with van der Waals surface area (Å²) in [6, 6.07) is 11.3. The zero-order valence-electron chi connectivity index (χ0n) is 17.1. The van der Waals surface area contributed by atoms with E-state index in [1.54, 1.807) is 4.90 Å². The number of amides is 1. The summed E-state index contributed by atoms with van der Waals surface area (Å²) in [6.07, 6.45) is 0.870. The van der Waals surface area contributed by atoms with Crippen LogP contribution in [0.4, 0.5) is 5.13 Å². The number of fused-ring (bicyclic) bond motifs is 1. The third kappa shape index (κ3) is 5.97. The summed E-state index contributed by atoms with van der Waals surface area (Å²) in [5.74, 6) is -0.0407. The van der Waals surface area contributed by atoms with Gasteiger partial charge < -0.3 is 4.74 Å². The number of thiazole rings is 1. The second-order valence-electron chi connectivity index (χ2n) is 7.34. The highest BCUT2D eigenvalue weighted by atomic mass is 79.9. The quantitative estimate of drug-likeness (QED) is 0.392. The molecule has 9 heteroatoms. The van der Waals surface area contributed by atoms with E-state index in [2.05, 4.69) is 20.8 Å². The molecule has 0 radical (unpaired) electrons. The van der Waals surface area contributed by atoms with Crippen LogP contribution in [0.5, 0.6) is 0 Å². The van der Waals surface area contributed by atoms with E-state index >= 15 is 0 Å². The van der Waals surface area contributed by atoms with Crippen LogP contribution < -0.4 is 4.90 Å². The number of halogens is 3. The van der Waals surface area contributed by atoms with Gasteiger partial charge in [-0.15, -0.1) is 12.4 Å². The summed E-state index contributed by atoms with van der Waals surface area (Å²) < 4.78 is 7.31. The van der Waals surface area contributed by atoms with E-state index in [0.29, 0.717) is 22.3 Å². The minimum atomic E-state index is -0.0407. The highest BCUT2D eigenvalue weighted by molar-refractivity contribution is 9.10. The molecule has 0 spiro atoms. The molecule has 1 saturated heterocycles. The van der Waals surface area contributed by atoms with Gasteiger partial charge in [0.15, 0.2) is 5.13 Å². The first-order valence-corrected chi connectivity index (χ1v) is 11.9. The largest absolute Gasteiger partial charge is 0.379 e. The van der Waals surface area contributed by atoms with Crippen molar-refractivity contribution in [1.82, 2.24) is 9.88 Å². The molecule has 0 bridgehead atoms. The number of hydrogen-bond donors (Lipinski definition) is 0. The average molecular weight is 545 g/mol. The van der Waals surface area contributed by atoms with Crippen molar-refractivity contribution in [1.29, 1.82) is 0 Å². The molecule has 31 heavy (non-hydrogen) atoms. The number of nitrogens with zero attached hydrogens (tertiary/aromatic N) is 3. The number of aryl methyl sites for hydroxylation is 1. The molecule has 2 aromatic carbocycles. The lowest BCUT2D eigenvalue weighted by molar-refractivity contribution is 0.0376. The molecule has 1 fully saturated rings. The lowest BCUT2D eigenvalue weighted by atomic mass is 10.2. The number of rotatable bonds is 6. The molecule has 1 aromatic heterocycles. The molecule has 1 aliphatic rings. The van der Waals surface area contributed by atoms with E-state index in [1.807, 2.05) is 43.3 Å². The highest BCUT2D eigenvalue weighted by Gasteiger charge is 2.22. The van der Waals surface area contributed by atoms with E-state index in [1.165, 1.54) is 11.3 Å². The molecule has 1 amide bonds. The number of morpholine rings is 1. The van der Waals surface area contributed by atoms with Crippen LogP contribution in [-0.2, 0) is 4.74 Å². The molecule has 0 unspecified atom stereocenters. The van der Waals surface area contributed by atoms with Gasteiger partial charge in [-0.25, -0.2) is 4.98 Å². The van der Waals surface area contributed by atoms with Gasteiger partial charge in [0.2, 0.25) is 0 Å². The Labute approximate surface area is 205 Å². The van der Waals surface area contributed by atoms with E-state index in [-0.39, 0.29) is 18.3 Å². The van der Waals surface area contributed by atoms with Crippen LogP contribution in [0.2, 0.25) is 5.02 Å². The normalized spacial score (nSPS) is 14.4. The van der Waals surface area contributed by atoms with Crippen molar-refractivity contribution < 1.29 is 9.53 Å². The number of ether oxygens (including phenoxy) is 1. The van der Waals surface area contributed by atoms with Crippen LogP contribution in [0.3, 0.4) is 0 Å². The van der Waals surface area contributed by atoms with E-state index in [4.69, 9.17) is 21.3 Å². The van der Waals surface area contributed by atoms with Gasteiger partial charge >= 0.3 is 0 Å². The van der Waals surface area contributed by atoms with Gasteiger partial charge in [-0.1, -0.05) is 44.9 Å². The van der Waals surface area contributed by atoms with Gasteiger partial charge in [0.05, 0.1) is 23.4 Å². The average Bonchev–Trinajstić information content (AvgIpc) is 3.15. The van der Waals surface area contributed by atoms with Crippen LogP contribution >= 0.6 is 51.3 Å². The van der Waals surface area contributed by atoms with Gasteiger partial charge in [-0.05, 0) is 49.2 Å². The Morgan fingerprint density at radius 2 is 2.06 bits per heavy atom. The summed E-state index contributed by atoms with van der Waals surface area (Å²) in [6.45, 7) is 6.97. The van der Waals surface area contributed by atoms with Gasteiger partial charge in [0.1, 0.15) is 0 Å². The summed E-state index contributed by atoms with van der Waals surface area (Å²) in [7, 11) is 0. The number of aromatic nitrogens is 1. The standard InChI is InChI=1S/C22H23BrClN3O2S.ClH/c1-15-12-18(24)14-19-20(15)25-22(30-19)27(7-3-6-26-8-10-29-11-9-26)21(28)16-4-2-5-17(23)13-16;/h2,4-5,12-14H,3,6-11H2,1H3;1H. The maximum absolute atomic E-state index is 13.4. The second kappa shape index (κ2) is 11.1. The number of hydrogen-bond acceptors (Lipinski definition) is 5. The molecule has 3 aromatic rings. The molecule has 0 saturated carbocycles. The zero-order valence-corrected chi connectivity index (χ0v) is 21.1. The Morgan fingerprint density at radius 3 is 2.81 bits per heavy atom. The van der Waals surface area contributed by atoms with Gasteiger partial charge in [-0.2, -0.15) is 0 Å². The Hall–Kier alpha value is -1.22. The first-order valence-electron chi connectivity index (χ1n) is 9.95. The summed E-state index contributed by atoms with van der Waals surface area (Å²) in [5.41, 5.74) is 2.56. The van der Waals surface area contributed by atoms with Gasteiger partial charge in [0, 0.05) is 41.2 Å². The Morgan fingerprint density at radius 1 is 1.29 bits per heavy atom. The predicted molar refractivity (Wildman–Crippen MR) is 134 cm³/mol. The molecular weight excluding hydrogens is 521 g/mol. The number of carbonyl (C=O) groups excluding carboxylic acids is 1. The highest BCUT2D eigenvalue weighted by Crippen LogP contribution is 2.34. The summed E-state index contributed by atoms with van der Waals surface area (Å²) in [4.78, 5) is 22.4. The van der Waals surface area contributed by atoms with Crippen molar-refractivity contribution >= 4 is 72.5 Å². The monoisotopic (exact) mass is 543 g/mol. The predicted octanol–water partition coefficient (Wildman–Crippen LogP) is 5.81. The van der Waals surface area contributed by atoms with Gasteiger partial charge in [0.25, 0.3) is 5.91 Å². The van der Waals surface area contributed by atoms with E-state index < -0.39 is 0 Å². The molecule has 0 atom stereocenters. The maximum Gasteiger partial charge on any atom is 0.260 e. The van der Waals surface area contributed by atoms with Crippen molar-refractivity contribution in [3.8, 4) is 0 Å². The fourth-order valence-electron chi connectivity index (χ4n) is 3.60. The number of benzene rings is 2. The van der Waals surface area contributed by atoms with Crippen LogP contribution in [0.25, 0.3) is 10.2 Å². The molecule has 4 rings (SSSR count). The van der Waals surface area contributed by atoms with Crippen molar-refractivity contribution in [3.63, 3.8) is 0 Å². The fourth-order valence-corrected chi connectivity index (χ4v) is 5.44. The van der Waals surface area contributed by atoms with Crippen molar-refractivity contribution in [3.05, 3.63) is 57.0 Å². The Bertz CT molecular complexity index is 1060. The van der Waals surface area contributed by atoms with Crippen molar-refractivity contribution in [2.75, 3.05) is 44.3 Å². The minimum Gasteiger partial charge on any atom is -0.379 e. The third-order valence-electron chi connectivity index (χ3n) is 5.15. The maximum atomic E-state index is 13.4. The van der Waals surface area contributed by atoms with Crippen LogP contribution in [-0.4, -0.2) is 55.2 Å². The molecule has 5 nitrogen and oxygen atoms in total. The zero-order chi connectivity index (χ0) is 21.1. The molecule has 166 valence electrons. The van der Waals surface area contributed by atoms with Crippen molar-refractivity contribution in [2.24, 2.45) is 0 Å². The molecular formula is C22H24BrCl2N3O2S. The van der Waals surface area contributed by atoms with Gasteiger partial charge in [-0.3, -0.25) is 14.6 Å². The second-order valence-corrected chi connectivity index (χ2v) is 9.70. The first kappa shape index (κ1) is 24.4. The third-order valence-corrected chi connectivity index (χ3v) is 6.88. The summed E-state index contributed by atoms with van der Waals surface area (Å²) >= 11 is 11.2. The van der Waals surface area contributed by atoms with Crippen LogP contribution in [0.1, 0.15) is 22.3 Å². The van der Waals surface area contributed by atoms with E-state index in [0.717, 1.165) is 59.5 Å². The fraction of sp³-hybridized carbons (Fsp3) is 0.364. The van der Waals surface area contributed by atoms with Crippen LogP contribution in [0, 0.1) is 6.92 Å². The minimum absolute atomic E-state index is 0. The molecule has 0 N–H and O–H groups in total. The Kier molecular flexibility index (Phi) is 8.73. The molecule has 0 aliphatic carbocycles. The summed E-state index contributed by atoms with van der Waals surface area (Å²) in [5, 5.41) is 1.40. The molecule has 2 heterocycles. The number of carbonyl (C=O) groups is 1. The van der Waals surface area contributed by atoms with Crippen molar-refractivity contribution in [2.45, 2.75) is 13.3 Å². The lowest BCUT2D eigenvalue weighted by Gasteiger charge is -2.27. The van der Waals surface area contributed by atoms with E-state index in [9.17, 15) is 4.79 Å². The Balaban J connectivity index is 0.00000272. The number of anilines is 1.